The first-order valence-electron chi connectivity index (χ1n) is 6.03. The van der Waals surface area contributed by atoms with Crippen LogP contribution in [0.3, 0.4) is 0 Å². The number of rotatable bonds is 1. The lowest BCUT2D eigenvalue weighted by atomic mass is 9.62. The molecule has 2 aliphatic carbocycles. The molecular weight excluding hydrogens is 232 g/mol. The molecule has 1 fully saturated rings. The van der Waals surface area contributed by atoms with Crippen LogP contribution in [0.2, 0.25) is 0 Å². The highest BCUT2D eigenvalue weighted by molar-refractivity contribution is 5.85. The normalized spacial score (nSPS) is 22.0. The van der Waals surface area contributed by atoms with Crippen molar-refractivity contribution < 1.29 is 14.3 Å². The van der Waals surface area contributed by atoms with Gasteiger partial charge in [0, 0.05) is 28.5 Å². The maximum Gasteiger partial charge on any atom is 0.371 e. The molecule has 0 atom stereocenters. The fourth-order valence-electron chi connectivity index (χ4n) is 3.04. The fourth-order valence-corrected chi connectivity index (χ4v) is 3.04. The van der Waals surface area contributed by atoms with Crippen molar-refractivity contribution in [3.8, 4) is 0 Å². The molecule has 5 heteroatoms. The van der Waals surface area contributed by atoms with Crippen molar-refractivity contribution >= 4 is 17.7 Å². The number of carbonyl (C=O) groups is 1. The van der Waals surface area contributed by atoms with E-state index in [9.17, 15) is 4.79 Å². The Bertz CT molecular complexity index is 707. The molecule has 0 saturated heterocycles. The Labute approximate surface area is 102 Å². The summed E-state index contributed by atoms with van der Waals surface area (Å²) in [7, 11) is 0. The molecule has 5 nitrogen and oxygen atoms in total. The van der Waals surface area contributed by atoms with Gasteiger partial charge in [0.25, 0.3) is 0 Å². The average Bonchev–Trinajstić information content (AvgIpc) is 2.91. The number of hydrogen-bond donors (Lipinski definition) is 3. The Hall–Kier alpha value is -2.17. The molecule has 1 aromatic heterocycles. The highest BCUT2D eigenvalue weighted by Gasteiger charge is 2.43. The molecule has 92 valence electrons. The molecule has 0 amide bonds. The maximum absolute atomic E-state index is 11.0. The molecule has 2 heterocycles. The number of aromatic carboxylic acids is 1. The van der Waals surface area contributed by atoms with Crippen molar-refractivity contribution in [1.82, 2.24) is 10.9 Å². The number of furan rings is 1. The van der Waals surface area contributed by atoms with Crippen LogP contribution in [-0.2, 0) is 0 Å². The van der Waals surface area contributed by atoms with Crippen molar-refractivity contribution in [3.63, 3.8) is 0 Å². The smallest absolute Gasteiger partial charge is 0.371 e. The zero-order valence-corrected chi connectivity index (χ0v) is 9.62. The van der Waals surface area contributed by atoms with Crippen LogP contribution < -0.4 is 21.5 Å². The Balaban J connectivity index is 2.05. The van der Waals surface area contributed by atoms with Crippen LogP contribution in [0.4, 0.5) is 0 Å². The molecule has 1 aliphatic heterocycles. The summed E-state index contributed by atoms with van der Waals surface area (Å²) < 4.78 is 5.44. The quantitative estimate of drug-likeness (QED) is 0.650. The molecule has 0 aromatic carbocycles. The summed E-state index contributed by atoms with van der Waals surface area (Å²) in [5, 5.41) is 9.84. The molecule has 1 aromatic rings. The van der Waals surface area contributed by atoms with Gasteiger partial charge in [-0.15, -0.1) is 0 Å². The Kier molecular flexibility index (Phi) is 1.63. The van der Waals surface area contributed by atoms with Crippen LogP contribution in [0.15, 0.2) is 22.3 Å². The Morgan fingerprint density at radius 1 is 1.44 bits per heavy atom. The van der Waals surface area contributed by atoms with E-state index in [1.807, 2.05) is 6.20 Å². The van der Waals surface area contributed by atoms with Gasteiger partial charge in [-0.25, -0.2) is 4.79 Å². The number of hydrogen-bond acceptors (Lipinski definition) is 4. The lowest BCUT2D eigenvalue weighted by Crippen LogP contribution is -2.42. The third-order valence-electron chi connectivity index (χ3n) is 4.11. The third-order valence-corrected chi connectivity index (χ3v) is 4.11. The van der Waals surface area contributed by atoms with Crippen molar-refractivity contribution in [2.24, 2.45) is 5.41 Å². The van der Waals surface area contributed by atoms with Crippen LogP contribution in [0.25, 0.3) is 11.8 Å². The third kappa shape index (κ3) is 1.04. The van der Waals surface area contributed by atoms with E-state index >= 15 is 0 Å². The second kappa shape index (κ2) is 2.98. The van der Waals surface area contributed by atoms with E-state index in [2.05, 4.69) is 16.9 Å². The van der Waals surface area contributed by atoms with Crippen LogP contribution >= 0.6 is 0 Å². The number of fused-ring (bicyclic) bond motifs is 3. The number of carboxylic acids is 1. The summed E-state index contributed by atoms with van der Waals surface area (Å²) in [5.41, 5.74) is 8.99. The molecule has 18 heavy (non-hydrogen) atoms. The Morgan fingerprint density at radius 2 is 2.28 bits per heavy atom. The highest BCUT2D eigenvalue weighted by atomic mass is 16.4. The van der Waals surface area contributed by atoms with Crippen molar-refractivity contribution in [2.45, 2.75) is 19.3 Å². The van der Waals surface area contributed by atoms with Gasteiger partial charge >= 0.3 is 5.97 Å². The van der Waals surface area contributed by atoms with Gasteiger partial charge in [0.1, 0.15) is 5.42 Å². The minimum Gasteiger partial charge on any atom is -0.475 e. The first-order chi connectivity index (χ1) is 8.70. The average molecular weight is 244 g/mol. The van der Waals surface area contributed by atoms with Crippen molar-refractivity contribution in [1.29, 1.82) is 0 Å². The molecular formula is C13H12N2O3. The topological polar surface area (TPSA) is 74.5 Å². The molecule has 1 saturated carbocycles. The van der Waals surface area contributed by atoms with Gasteiger partial charge in [0.2, 0.25) is 5.76 Å². The summed E-state index contributed by atoms with van der Waals surface area (Å²) in [6.07, 6.45) is 7.44. The van der Waals surface area contributed by atoms with Crippen LogP contribution in [0.1, 0.15) is 29.8 Å². The SMILES string of the molecule is O=C(O)c1cc2c(o1)=CC1(CCC1)C1=CNNC=21. The number of carboxylic acid groups (broad SMARTS) is 1. The van der Waals surface area contributed by atoms with Gasteiger partial charge < -0.3 is 20.4 Å². The van der Waals surface area contributed by atoms with E-state index in [1.54, 1.807) is 6.07 Å². The largest absolute Gasteiger partial charge is 0.475 e. The van der Waals surface area contributed by atoms with E-state index in [0.717, 1.165) is 23.8 Å². The number of hydrazine groups is 1. The van der Waals surface area contributed by atoms with Crippen LogP contribution in [-0.4, -0.2) is 11.1 Å². The van der Waals surface area contributed by atoms with Gasteiger partial charge in [0.05, 0.1) is 5.70 Å². The molecule has 1 spiro atoms. The summed E-state index contributed by atoms with van der Waals surface area (Å²) in [6.45, 7) is 0. The zero-order valence-electron chi connectivity index (χ0n) is 9.62. The minimum absolute atomic E-state index is 0.00632. The fraction of sp³-hybridized carbons (Fsp3) is 0.308. The minimum atomic E-state index is -1.03. The monoisotopic (exact) mass is 244 g/mol. The first-order valence-corrected chi connectivity index (χ1v) is 6.03. The van der Waals surface area contributed by atoms with E-state index < -0.39 is 5.97 Å². The summed E-state index contributed by atoms with van der Waals surface area (Å²) in [6, 6.07) is 1.59. The molecule has 0 radical (unpaired) electrons. The zero-order chi connectivity index (χ0) is 12.3. The molecule has 3 aliphatic rings. The molecule has 4 rings (SSSR count). The van der Waals surface area contributed by atoms with Gasteiger partial charge in [-0.3, -0.25) is 0 Å². The van der Waals surface area contributed by atoms with E-state index in [4.69, 9.17) is 9.52 Å². The second-order valence-electron chi connectivity index (χ2n) is 5.05. The summed E-state index contributed by atoms with van der Waals surface area (Å²) in [4.78, 5) is 11.0. The molecule has 0 bridgehead atoms. The second-order valence-corrected chi connectivity index (χ2v) is 5.05. The van der Waals surface area contributed by atoms with E-state index in [0.29, 0.717) is 5.42 Å². The van der Waals surface area contributed by atoms with Crippen LogP contribution in [0, 0.1) is 5.41 Å². The predicted octanol–water partition coefficient (Wildman–Crippen LogP) is 0.0421. The molecule has 0 unspecified atom stereocenters. The maximum atomic E-state index is 11.0. The molecule has 3 N–H and O–H groups in total. The lowest BCUT2D eigenvalue weighted by Gasteiger charge is -2.41. The summed E-state index contributed by atoms with van der Waals surface area (Å²) >= 11 is 0. The van der Waals surface area contributed by atoms with Gasteiger partial charge in [0.15, 0.2) is 0 Å². The predicted molar refractivity (Wildman–Crippen MR) is 63.4 cm³/mol. The van der Waals surface area contributed by atoms with Gasteiger partial charge in [-0.1, -0.05) is 6.42 Å². The highest BCUT2D eigenvalue weighted by Crippen LogP contribution is 2.51. The van der Waals surface area contributed by atoms with Gasteiger partial charge in [-0.2, -0.15) is 0 Å². The first kappa shape index (κ1) is 9.82. The number of nitrogens with one attached hydrogen (secondary N) is 2. The Morgan fingerprint density at radius 3 is 2.94 bits per heavy atom. The standard InChI is InChI=1S/C13H12N2O3/c16-12(17)9-4-7-10(18-9)5-13(2-1-3-13)8-6-14-15-11(7)8/h4-6,14-15H,1-3H2,(H,16,17). The van der Waals surface area contributed by atoms with E-state index in [-0.39, 0.29) is 11.2 Å². The van der Waals surface area contributed by atoms with Crippen molar-refractivity contribution in [2.75, 3.05) is 0 Å². The lowest BCUT2D eigenvalue weighted by molar-refractivity contribution is 0.0660. The summed E-state index contributed by atoms with van der Waals surface area (Å²) in [5.74, 6) is -1.04. The van der Waals surface area contributed by atoms with Crippen molar-refractivity contribution in [3.05, 3.63) is 34.2 Å². The van der Waals surface area contributed by atoms with Crippen LogP contribution in [0.5, 0.6) is 0 Å². The van der Waals surface area contributed by atoms with Gasteiger partial charge in [-0.05, 0) is 18.9 Å². The van der Waals surface area contributed by atoms with E-state index in [1.165, 1.54) is 12.0 Å².